The molecule has 21 heavy (non-hydrogen) atoms. The molecule has 1 aromatic rings. The van der Waals surface area contributed by atoms with Crippen LogP contribution in [-0.4, -0.2) is 19.5 Å². The molecule has 2 bridgehead atoms. The molecule has 0 heterocycles. The Morgan fingerprint density at radius 2 is 2.24 bits per heavy atom. The van der Waals surface area contributed by atoms with Crippen LogP contribution in [0, 0.1) is 5.92 Å². The first-order valence-electron chi connectivity index (χ1n) is 8.21. The van der Waals surface area contributed by atoms with Gasteiger partial charge in [0.15, 0.2) is 0 Å². The molecule has 2 unspecified atom stereocenters. The van der Waals surface area contributed by atoms with Crippen LogP contribution in [0.2, 0.25) is 0 Å². The van der Waals surface area contributed by atoms with Crippen molar-refractivity contribution in [2.24, 2.45) is 11.7 Å². The van der Waals surface area contributed by atoms with Gasteiger partial charge in [-0.15, -0.1) is 0 Å². The Morgan fingerprint density at radius 1 is 1.38 bits per heavy atom. The maximum absolute atomic E-state index is 11.6. The van der Waals surface area contributed by atoms with Gasteiger partial charge in [-0.3, -0.25) is 4.79 Å². The molecule has 3 nitrogen and oxygen atoms in total. The van der Waals surface area contributed by atoms with E-state index in [0.29, 0.717) is 11.0 Å². The summed E-state index contributed by atoms with van der Waals surface area (Å²) in [6.07, 6.45) is 7.92. The first kappa shape index (κ1) is 13.3. The Kier molecular flexibility index (Phi) is 2.74. The maximum Gasteiger partial charge on any atom is 0.248 e. The van der Waals surface area contributed by atoms with Crippen LogP contribution in [-0.2, 0) is 10.8 Å². The number of benzene rings is 1. The predicted octanol–water partition coefficient (Wildman–Crippen LogP) is 2.48. The van der Waals surface area contributed by atoms with E-state index in [9.17, 15) is 4.79 Å². The number of likely N-dealkylation sites (N-methyl/N-ethyl adjacent to an activating group) is 1. The number of nitrogens with two attached hydrogens (primary N) is 1. The van der Waals surface area contributed by atoms with E-state index in [-0.39, 0.29) is 11.3 Å². The highest BCUT2D eigenvalue weighted by Crippen LogP contribution is 2.67. The van der Waals surface area contributed by atoms with E-state index in [1.54, 1.807) is 0 Å². The first-order valence-corrected chi connectivity index (χ1v) is 8.21. The molecule has 2 fully saturated rings. The van der Waals surface area contributed by atoms with Crippen LogP contribution >= 0.6 is 0 Å². The van der Waals surface area contributed by atoms with E-state index in [1.165, 1.54) is 49.7 Å². The highest BCUT2D eigenvalue weighted by molar-refractivity contribution is 5.93. The maximum atomic E-state index is 11.6. The highest BCUT2D eigenvalue weighted by atomic mass is 16.1. The molecule has 1 amide bonds. The summed E-state index contributed by atoms with van der Waals surface area (Å²) in [6.45, 7) is 1.05. The van der Waals surface area contributed by atoms with E-state index in [0.717, 1.165) is 12.5 Å². The molecule has 3 heteroatoms. The SMILES string of the molecule is CNCC12CC3CCCC[C@@]3(C1)c1cc(C(N)=O)ccc12. The lowest BCUT2D eigenvalue weighted by atomic mass is 9.63. The minimum atomic E-state index is -0.299. The fourth-order valence-corrected chi connectivity index (χ4v) is 5.78. The zero-order chi connectivity index (χ0) is 14.7. The summed E-state index contributed by atoms with van der Waals surface area (Å²) in [5.41, 5.74) is 9.74. The summed E-state index contributed by atoms with van der Waals surface area (Å²) in [4.78, 5) is 11.6. The van der Waals surface area contributed by atoms with Gasteiger partial charge in [-0.05, 0) is 67.3 Å². The molecule has 3 aliphatic rings. The third-order valence-electron chi connectivity index (χ3n) is 6.42. The summed E-state index contributed by atoms with van der Waals surface area (Å²) in [6, 6.07) is 6.23. The second kappa shape index (κ2) is 4.33. The average molecular weight is 284 g/mol. The normalized spacial score (nSPS) is 36.3. The lowest BCUT2D eigenvalue weighted by Crippen LogP contribution is -2.37. The predicted molar refractivity (Wildman–Crippen MR) is 83.4 cm³/mol. The minimum absolute atomic E-state index is 0.287. The summed E-state index contributed by atoms with van der Waals surface area (Å²) in [5.74, 6) is 0.502. The van der Waals surface area contributed by atoms with Crippen LogP contribution in [0.3, 0.4) is 0 Å². The molecule has 3 aliphatic carbocycles. The Bertz CT molecular complexity index is 611. The molecule has 1 spiro atoms. The summed E-state index contributed by atoms with van der Waals surface area (Å²) in [5, 5.41) is 3.42. The van der Waals surface area contributed by atoms with Gasteiger partial charge in [-0.25, -0.2) is 0 Å². The Labute approximate surface area is 126 Å². The fourth-order valence-electron chi connectivity index (χ4n) is 5.78. The van der Waals surface area contributed by atoms with E-state index < -0.39 is 0 Å². The largest absolute Gasteiger partial charge is 0.366 e. The van der Waals surface area contributed by atoms with Crippen molar-refractivity contribution in [2.45, 2.75) is 49.4 Å². The number of rotatable bonds is 3. The van der Waals surface area contributed by atoms with Gasteiger partial charge in [-0.2, -0.15) is 0 Å². The fraction of sp³-hybridized carbons (Fsp3) is 0.611. The van der Waals surface area contributed by atoms with Crippen LogP contribution in [0.15, 0.2) is 18.2 Å². The van der Waals surface area contributed by atoms with Gasteiger partial charge in [0.1, 0.15) is 0 Å². The first-order chi connectivity index (χ1) is 10.1. The van der Waals surface area contributed by atoms with Crippen molar-refractivity contribution in [1.29, 1.82) is 0 Å². The third-order valence-corrected chi connectivity index (χ3v) is 6.42. The van der Waals surface area contributed by atoms with E-state index in [2.05, 4.69) is 24.5 Å². The van der Waals surface area contributed by atoms with Gasteiger partial charge >= 0.3 is 0 Å². The molecule has 0 aliphatic heterocycles. The Hall–Kier alpha value is -1.35. The molecular formula is C18H24N2O. The lowest BCUT2D eigenvalue weighted by molar-refractivity contribution is 0.1000. The van der Waals surface area contributed by atoms with Crippen molar-refractivity contribution in [3.05, 3.63) is 34.9 Å². The molecule has 0 radical (unpaired) electrons. The summed E-state index contributed by atoms with van der Waals surface area (Å²) < 4.78 is 0. The van der Waals surface area contributed by atoms with Crippen LogP contribution in [0.4, 0.5) is 0 Å². The zero-order valence-corrected chi connectivity index (χ0v) is 12.7. The molecular weight excluding hydrogens is 260 g/mol. The van der Waals surface area contributed by atoms with E-state index in [4.69, 9.17) is 5.73 Å². The summed E-state index contributed by atoms with van der Waals surface area (Å²) >= 11 is 0. The van der Waals surface area contributed by atoms with Crippen LogP contribution in [0.25, 0.3) is 0 Å². The van der Waals surface area contributed by atoms with Crippen LogP contribution in [0.5, 0.6) is 0 Å². The number of primary amides is 1. The van der Waals surface area contributed by atoms with Crippen molar-refractivity contribution in [1.82, 2.24) is 5.32 Å². The number of nitrogens with one attached hydrogen (secondary N) is 1. The van der Waals surface area contributed by atoms with Crippen LogP contribution < -0.4 is 11.1 Å². The Balaban J connectivity index is 1.90. The van der Waals surface area contributed by atoms with Gasteiger partial charge in [-0.1, -0.05) is 18.9 Å². The van der Waals surface area contributed by atoms with E-state index in [1.807, 2.05) is 6.07 Å². The standard InChI is InChI=1S/C18H24N2O/c1-20-11-17-9-13-4-2-3-7-18(13,10-17)15-8-12(16(19)21)5-6-14(15)17/h5-6,8,13,20H,2-4,7,9-11H2,1H3,(H2,19,21)/t13?,17?,18-/m0/s1. The van der Waals surface area contributed by atoms with Gasteiger partial charge < -0.3 is 11.1 Å². The number of carbonyl (C=O) groups excluding carboxylic acids is 1. The van der Waals surface area contributed by atoms with Crippen molar-refractivity contribution < 1.29 is 4.79 Å². The molecule has 0 aromatic heterocycles. The number of fused-ring (bicyclic) bond motifs is 3. The topological polar surface area (TPSA) is 55.1 Å². The molecule has 2 saturated carbocycles. The number of hydrogen-bond acceptors (Lipinski definition) is 2. The summed E-state index contributed by atoms with van der Waals surface area (Å²) in [7, 11) is 2.05. The molecule has 112 valence electrons. The van der Waals surface area contributed by atoms with Gasteiger partial charge in [0.2, 0.25) is 5.91 Å². The second-order valence-electron chi connectivity index (χ2n) is 7.42. The van der Waals surface area contributed by atoms with Gasteiger partial charge in [0, 0.05) is 17.5 Å². The quantitative estimate of drug-likeness (QED) is 0.896. The van der Waals surface area contributed by atoms with Crippen molar-refractivity contribution in [3.8, 4) is 0 Å². The average Bonchev–Trinajstić information content (AvgIpc) is 2.94. The second-order valence-corrected chi connectivity index (χ2v) is 7.42. The molecule has 3 atom stereocenters. The zero-order valence-electron chi connectivity index (χ0n) is 12.7. The number of amides is 1. The smallest absolute Gasteiger partial charge is 0.248 e. The van der Waals surface area contributed by atoms with Crippen molar-refractivity contribution in [2.75, 3.05) is 13.6 Å². The third kappa shape index (κ3) is 1.61. The molecule has 1 aromatic carbocycles. The van der Waals surface area contributed by atoms with Crippen molar-refractivity contribution in [3.63, 3.8) is 0 Å². The number of carbonyl (C=O) groups is 1. The van der Waals surface area contributed by atoms with Crippen LogP contribution in [0.1, 0.15) is 60.0 Å². The Morgan fingerprint density at radius 3 is 3.00 bits per heavy atom. The molecule has 3 N–H and O–H groups in total. The van der Waals surface area contributed by atoms with E-state index >= 15 is 0 Å². The highest BCUT2D eigenvalue weighted by Gasteiger charge is 2.62. The molecule has 4 rings (SSSR count). The molecule has 0 saturated heterocycles. The monoisotopic (exact) mass is 284 g/mol. The lowest BCUT2D eigenvalue weighted by Gasteiger charge is -2.41. The minimum Gasteiger partial charge on any atom is -0.366 e. The van der Waals surface area contributed by atoms with Gasteiger partial charge in [0.05, 0.1) is 0 Å². The van der Waals surface area contributed by atoms with Crippen molar-refractivity contribution >= 4 is 5.91 Å². The number of hydrogen-bond donors (Lipinski definition) is 2. The van der Waals surface area contributed by atoms with Gasteiger partial charge in [0.25, 0.3) is 0 Å².